The second kappa shape index (κ2) is 6.16. The summed E-state index contributed by atoms with van der Waals surface area (Å²) in [5.41, 5.74) is 0.843. The third-order valence-corrected chi connectivity index (χ3v) is 4.40. The van der Waals surface area contributed by atoms with Crippen LogP contribution in [0.5, 0.6) is 0 Å². The normalized spacial score (nSPS) is 20.2. The van der Waals surface area contributed by atoms with Crippen molar-refractivity contribution in [1.29, 1.82) is 0 Å². The van der Waals surface area contributed by atoms with Crippen LogP contribution in [0.2, 0.25) is 0 Å². The smallest absolute Gasteiger partial charge is 0.346 e. The van der Waals surface area contributed by atoms with E-state index in [0.29, 0.717) is 18.0 Å². The summed E-state index contributed by atoms with van der Waals surface area (Å²) in [5, 5.41) is 13.6. The molecule has 2 heterocycles. The van der Waals surface area contributed by atoms with E-state index >= 15 is 0 Å². The maximum atomic E-state index is 11.7. The molecule has 104 valence electrons. The SMILES string of the molecule is CNC(=O)C1CCCN(Cc2ccsc2C(=O)O)C1. The minimum absolute atomic E-state index is 0.0191. The van der Waals surface area contributed by atoms with Crippen LogP contribution in [0.4, 0.5) is 0 Å². The zero-order valence-electron chi connectivity index (χ0n) is 10.9. The summed E-state index contributed by atoms with van der Waals surface area (Å²) in [7, 11) is 1.66. The molecule has 19 heavy (non-hydrogen) atoms. The van der Waals surface area contributed by atoms with Gasteiger partial charge in [-0.05, 0) is 36.4 Å². The van der Waals surface area contributed by atoms with Crippen molar-refractivity contribution in [1.82, 2.24) is 10.2 Å². The molecule has 1 aromatic heterocycles. The monoisotopic (exact) mass is 282 g/mol. The largest absolute Gasteiger partial charge is 0.477 e. The molecule has 0 bridgehead atoms. The van der Waals surface area contributed by atoms with Gasteiger partial charge < -0.3 is 10.4 Å². The zero-order valence-corrected chi connectivity index (χ0v) is 11.7. The van der Waals surface area contributed by atoms with Crippen LogP contribution < -0.4 is 5.32 Å². The first-order valence-electron chi connectivity index (χ1n) is 6.35. The van der Waals surface area contributed by atoms with E-state index in [-0.39, 0.29) is 11.8 Å². The summed E-state index contributed by atoms with van der Waals surface area (Å²) in [6, 6.07) is 1.86. The Morgan fingerprint density at radius 2 is 2.37 bits per heavy atom. The number of carboxylic acids is 1. The molecule has 0 aromatic carbocycles. The predicted molar refractivity (Wildman–Crippen MR) is 73.3 cm³/mol. The number of thiophene rings is 1. The lowest BCUT2D eigenvalue weighted by molar-refractivity contribution is -0.126. The Labute approximate surface area is 116 Å². The number of carbonyl (C=O) groups is 2. The van der Waals surface area contributed by atoms with E-state index in [2.05, 4.69) is 10.2 Å². The molecule has 1 atom stereocenters. The Bertz CT molecular complexity index is 472. The van der Waals surface area contributed by atoms with Gasteiger partial charge in [0.15, 0.2) is 0 Å². The molecule has 1 aliphatic heterocycles. The van der Waals surface area contributed by atoms with Gasteiger partial charge in [-0.3, -0.25) is 9.69 Å². The van der Waals surface area contributed by atoms with Gasteiger partial charge in [-0.15, -0.1) is 11.3 Å². The van der Waals surface area contributed by atoms with Gasteiger partial charge in [-0.2, -0.15) is 0 Å². The van der Waals surface area contributed by atoms with Crippen molar-refractivity contribution in [3.63, 3.8) is 0 Å². The van der Waals surface area contributed by atoms with Crippen molar-refractivity contribution in [3.05, 3.63) is 21.9 Å². The lowest BCUT2D eigenvalue weighted by Gasteiger charge is -2.31. The maximum Gasteiger partial charge on any atom is 0.346 e. The maximum absolute atomic E-state index is 11.7. The second-order valence-corrected chi connectivity index (χ2v) is 5.68. The summed E-state index contributed by atoms with van der Waals surface area (Å²) < 4.78 is 0. The number of carboxylic acid groups (broad SMARTS) is 1. The number of rotatable bonds is 4. The van der Waals surface area contributed by atoms with Crippen LogP contribution in [0.3, 0.4) is 0 Å². The summed E-state index contributed by atoms with van der Waals surface area (Å²) in [6.07, 6.45) is 1.89. The van der Waals surface area contributed by atoms with Crippen molar-refractivity contribution in [2.45, 2.75) is 19.4 Å². The Hall–Kier alpha value is -1.40. The van der Waals surface area contributed by atoms with Gasteiger partial charge >= 0.3 is 5.97 Å². The average molecular weight is 282 g/mol. The summed E-state index contributed by atoms with van der Waals surface area (Å²) in [4.78, 5) is 25.3. The minimum atomic E-state index is -0.870. The topological polar surface area (TPSA) is 69.6 Å². The van der Waals surface area contributed by atoms with Gasteiger partial charge in [0.05, 0.1) is 5.92 Å². The van der Waals surface area contributed by atoms with Gasteiger partial charge in [-0.1, -0.05) is 0 Å². The van der Waals surface area contributed by atoms with E-state index in [1.54, 1.807) is 12.4 Å². The van der Waals surface area contributed by atoms with Crippen LogP contribution in [-0.2, 0) is 11.3 Å². The third-order valence-electron chi connectivity index (χ3n) is 3.46. The standard InChI is InChI=1S/C13H18N2O3S/c1-14-12(16)10-3-2-5-15(8-10)7-9-4-6-19-11(9)13(17)18/h4,6,10H,2-3,5,7-8H2,1H3,(H,14,16)(H,17,18). The molecule has 1 aromatic rings. The highest BCUT2D eigenvalue weighted by molar-refractivity contribution is 7.12. The summed E-state index contributed by atoms with van der Waals surface area (Å²) >= 11 is 1.25. The van der Waals surface area contributed by atoms with Crippen LogP contribution in [0, 0.1) is 5.92 Å². The number of aromatic carboxylic acids is 1. The fraction of sp³-hybridized carbons (Fsp3) is 0.538. The highest BCUT2D eigenvalue weighted by Gasteiger charge is 2.26. The highest BCUT2D eigenvalue weighted by atomic mass is 32.1. The van der Waals surface area contributed by atoms with Gasteiger partial charge in [0.25, 0.3) is 0 Å². The van der Waals surface area contributed by atoms with Crippen LogP contribution in [-0.4, -0.2) is 42.0 Å². The first kappa shape index (κ1) is 14.0. The fourth-order valence-electron chi connectivity index (χ4n) is 2.51. The predicted octanol–water partition coefficient (Wildman–Crippen LogP) is 1.40. The van der Waals surface area contributed by atoms with E-state index in [9.17, 15) is 9.59 Å². The molecule has 2 rings (SSSR count). The fourth-order valence-corrected chi connectivity index (χ4v) is 3.26. The van der Waals surface area contributed by atoms with Crippen LogP contribution in [0.15, 0.2) is 11.4 Å². The summed E-state index contributed by atoms with van der Waals surface area (Å²) in [5.74, 6) is -0.774. The van der Waals surface area contributed by atoms with Gasteiger partial charge in [0, 0.05) is 20.1 Å². The van der Waals surface area contributed by atoms with Crippen molar-refractivity contribution in [3.8, 4) is 0 Å². The van der Waals surface area contributed by atoms with Gasteiger partial charge in [-0.25, -0.2) is 4.79 Å². The molecule has 1 fully saturated rings. The van der Waals surface area contributed by atoms with E-state index in [4.69, 9.17) is 5.11 Å². The van der Waals surface area contributed by atoms with E-state index < -0.39 is 5.97 Å². The van der Waals surface area contributed by atoms with E-state index in [0.717, 1.165) is 24.9 Å². The summed E-state index contributed by atoms with van der Waals surface area (Å²) in [6.45, 7) is 2.23. The average Bonchev–Trinajstić information content (AvgIpc) is 2.86. The van der Waals surface area contributed by atoms with Crippen molar-refractivity contribution >= 4 is 23.2 Å². The molecule has 0 aliphatic carbocycles. The third kappa shape index (κ3) is 3.33. The molecular weight excluding hydrogens is 264 g/mol. The van der Waals surface area contributed by atoms with E-state index in [1.807, 2.05) is 6.07 Å². The number of likely N-dealkylation sites (tertiary alicyclic amines) is 1. The van der Waals surface area contributed by atoms with Crippen molar-refractivity contribution in [2.24, 2.45) is 5.92 Å². The van der Waals surface area contributed by atoms with Gasteiger partial charge in [0.2, 0.25) is 5.91 Å². The van der Waals surface area contributed by atoms with Crippen molar-refractivity contribution in [2.75, 3.05) is 20.1 Å². The molecule has 1 amide bonds. The van der Waals surface area contributed by atoms with Crippen molar-refractivity contribution < 1.29 is 14.7 Å². The second-order valence-electron chi connectivity index (χ2n) is 4.77. The quantitative estimate of drug-likeness (QED) is 0.876. The zero-order chi connectivity index (χ0) is 13.8. The van der Waals surface area contributed by atoms with Gasteiger partial charge in [0.1, 0.15) is 4.88 Å². The number of nitrogens with one attached hydrogen (secondary N) is 1. The Balaban J connectivity index is 2.00. The minimum Gasteiger partial charge on any atom is -0.477 e. The molecule has 0 saturated carbocycles. The number of piperidine rings is 1. The lowest BCUT2D eigenvalue weighted by Crippen LogP contribution is -2.41. The lowest BCUT2D eigenvalue weighted by atomic mass is 9.97. The molecule has 0 spiro atoms. The van der Waals surface area contributed by atoms with Crippen LogP contribution >= 0.6 is 11.3 Å². The molecule has 0 radical (unpaired) electrons. The molecule has 6 heteroatoms. The number of carbonyl (C=O) groups excluding carboxylic acids is 1. The number of amides is 1. The molecule has 5 nitrogen and oxygen atoms in total. The molecule has 1 aliphatic rings. The molecule has 1 unspecified atom stereocenters. The first-order chi connectivity index (χ1) is 9.11. The van der Waals surface area contributed by atoms with E-state index in [1.165, 1.54) is 11.3 Å². The Morgan fingerprint density at radius 1 is 1.58 bits per heavy atom. The Kier molecular flexibility index (Phi) is 4.55. The Morgan fingerprint density at radius 3 is 3.05 bits per heavy atom. The highest BCUT2D eigenvalue weighted by Crippen LogP contribution is 2.22. The molecule has 1 saturated heterocycles. The van der Waals surface area contributed by atoms with Crippen LogP contribution in [0.25, 0.3) is 0 Å². The number of nitrogens with zero attached hydrogens (tertiary/aromatic N) is 1. The van der Waals surface area contributed by atoms with Crippen LogP contribution in [0.1, 0.15) is 28.1 Å². The molecule has 2 N–H and O–H groups in total. The number of hydrogen-bond acceptors (Lipinski definition) is 4. The number of hydrogen-bond donors (Lipinski definition) is 2. The first-order valence-corrected chi connectivity index (χ1v) is 7.23. The molecular formula is C13H18N2O3S.